The molecule has 1 aromatic heterocycles. The quantitative estimate of drug-likeness (QED) is 0.933. The maximum atomic E-state index is 6.46. The lowest BCUT2D eigenvalue weighted by Gasteiger charge is -2.19. The molecule has 0 amide bonds. The van der Waals surface area contributed by atoms with E-state index < -0.39 is 0 Å². The van der Waals surface area contributed by atoms with E-state index in [9.17, 15) is 0 Å². The Morgan fingerprint density at radius 3 is 2.65 bits per heavy atom. The summed E-state index contributed by atoms with van der Waals surface area (Å²) in [4.78, 5) is 4.76. The van der Waals surface area contributed by atoms with Gasteiger partial charge in [-0.3, -0.25) is 0 Å². The average Bonchev–Trinajstić information content (AvgIpc) is 3.08. The number of thiazole rings is 1. The first-order valence-corrected chi connectivity index (χ1v) is 7.49. The predicted octanol–water partition coefficient (Wildman–Crippen LogP) is 3.97. The van der Waals surface area contributed by atoms with Gasteiger partial charge >= 0.3 is 0 Å². The standard InChI is InChI=1S/C15H18N2OS.ClH/c1-18-13-7-3-2-6-11(13)12-10-19-14(17-12)15(16)8-4-5-9-15;/h2-3,6-7,10H,4-5,8-9,16H2,1H3;1H. The van der Waals surface area contributed by atoms with Gasteiger partial charge in [-0.15, -0.1) is 23.7 Å². The lowest BCUT2D eigenvalue weighted by Crippen LogP contribution is -2.32. The van der Waals surface area contributed by atoms with Crippen LogP contribution in [-0.4, -0.2) is 12.1 Å². The van der Waals surface area contributed by atoms with Crippen molar-refractivity contribution in [1.29, 1.82) is 0 Å². The van der Waals surface area contributed by atoms with Crippen molar-refractivity contribution in [2.45, 2.75) is 31.2 Å². The molecule has 1 aliphatic rings. The summed E-state index contributed by atoms with van der Waals surface area (Å²) in [6.07, 6.45) is 4.51. The number of rotatable bonds is 3. The molecule has 0 saturated heterocycles. The molecule has 2 N–H and O–H groups in total. The van der Waals surface area contributed by atoms with Gasteiger partial charge in [-0.05, 0) is 25.0 Å². The number of benzene rings is 1. The van der Waals surface area contributed by atoms with Crippen molar-refractivity contribution in [3.8, 4) is 17.0 Å². The Morgan fingerprint density at radius 2 is 1.95 bits per heavy atom. The van der Waals surface area contributed by atoms with Gasteiger partial charge in [0.1, 0.15) is 10.8 Å². The SMILES string of the molecule is COc1ccccc1-c1csc(C2(N)CCCC2)n1.Cl. The van der Waals surface area contributed by atoms with Crippen LogP contribution >= 0.6 is 23.7 Å². The lowest BCUT2D eigenvalue weighted by molar-refractivity contribution is 0.416. The molecule has 0 spiro atoms. The first kappa shape index (κ1) is 15.3. The normalized spacial score (nSPS) is 16.7. The average molecular weight is 311 g/mol. The van der Waals surface area contributed by atoms with E-state index in [0.29, 0.717) is 0 Å². The third-order valence-corrected chi connectivity index (χ3v) is 4.87. The van der Waals surface area contributed by atoms with Gasteiger partial charge in [0.25, 0.3) is 0 Å². The molecule has 0 bridgehead atoms. The summed E-state index contributed by atoms with van der Waals surface area (Å²) in [5.74, 6) is 0.858. The summed E-state index contributed by atoms with van der Waals surface area (Å²) in [6.45, 7) is 0. The summed E-state index contributed by atoms with van der Waals surface area (Å²) in [6, 6.07) is 7.97. The summed E-state index contributed by atoms with van der Waals surface area (Å²) in [5, 5.41) is 3.14. The Kier molecular flexibility index (Phi) is 4.68. The van der Waals surface area contributed by atoms with Crippen molar-refractivity contribution < 1.29 is 4.74 Å². The molecule has 0 atom stereocenters. The van der Waals surface area contributed by atoms with Crippen LogP contribution in [-0.2, 0) is 5.54 Å². The number of hydrogen-bond donors (Lipinski definition) is 1. The molecule has 1 saturated carbocycles. The first-order valence-electron chi connectivity index (χ1n) is 6.61. The van der Waals surface area contributed by atoms with Crippen LogP contribution in [0, 0.1) is 0 Å². The number of para-hydroxylation sites is 1. The van der Waals surface area contributed by atoms with Crippen molar-refractivity contribution in [1.82, 2.24) is 4.98 Å². The zero-order valence-electron chi connectivity index (χ0n) is 11.5. The zero-order chi connectivity index (χ0) is 13.3. The highest BCUT2D eigenvalue weighted by Gasteiger charge is 2.34. The molecule has 0 unspecified atom stereocenters. The van der Waals surface area contributed by atoms with Gasteiger partial charge < -0.3 is 10.5 Å². The Morgan fingerprint density at radius 1 is 1.25 bits per heavy atom. The van der Waals surface area contributed by atoms with Crippen LogP contribution in [0.1, 0.15) is 30.7 Å². The fraction of sp³-hybridized carbons (Fsp3) is 0.400. The molecule has 5 heteroatoms. The predicted molar refractivity (Wildman–Crippen MR) is 85.7 cm³/mol. The number of hydrogen-bond acceptors (Lipinski definition) is 4. The second-order valence-electron chi connectivity index (χ2n) is 5.10. The van der Waals surface area contributed by atoms with Crippen molar-refractivity contribution >= 4 is 23.7 Å². The molecule has 108 valence electrons. The number of methoxy groups -OCH3 is 1. The highest BCUT2D eigenvalue weighted by Crippen LogP contribution is 2.40. The fourth-order valence-corrected chi connectivity index (χ4v) is 3.69. The molecule has 1 heterocycles. The molecule has 3 rings (SSSR count). The molecule has 0 radical (unpaired) electrons. The maximum absolute atomic E-state index is 6.46. The van der Waals surface area contributed by atoms with E-state index in [1.54, 1.807) is 18.4 Å². The highest BCUT2D eigenvalue weighted by atomic mass is 35.5. The van der Waals surface area contributed by atoms with Gasteiger partial charge in [-0.1, -0.05) is 25.0 Å². The van der Waals surface area contributed by atoms with Crippen molar-refractivity contribution in [3.63, 3.8) is 0 Å². The minimum atomic E-state index is -0.203. The molecule has 3 nitrogen and oxygen atoms in total. The largest absolute Gasteiger partial charge is 0.496 e. The number of aromatic nitrogens is 1. The van der Waals surface area contributed by atoms with E-state index in [1.165, 1.54) is 12.8 Å². The molecular weight excluding hydrogens is 292 g/mol. The third-order valence-electron chi connectivity index (χ3n) is 3.81. The maximum Gasteiger partial charge on any atom is 0.128 e. The molecule has 1 aromatic carbocycles. The summed E-state index contributed by atoms with van der Waals surface area (Å²) < 4.78 is 5.39. The highest BCUT2D eigenvalue weighted by molar-refractivity contribution is 7.10. The van der Waals surface area contributed by atoms with Crippen LogP contribution in [0.15, 0.2) is 29.6 Å². The first-order chi connectivity index (χ1) is 9.23. The van der Waals surface area contributed by atoms with Gasteiger partial charge in [-0.25, -0.2) is 4.98 Å². The minimum absolute atomic E-state index is 0. The Labute approximate surface area is 129 Å². The van der Waals surface area contributed by atoms with E-state index in [2.05, 4.69) is 5.38 Å². The molecule has 1 aliphatic carbocycles. The minimum Gasteiger partial charge on any atom is -0.496 e. The van der Waals surface area contributed by atoms with Gasteiger partial charge in [0.05, 0.1) is 18.3 Å². The second kappa shape index (κ2) is 6.12. The third kappa shape index (κ3) is 2.68. The van der Waals surface area contributed by atoms with Gasteiger partial charge in [-0.2, -0.15) is 0 Å². The molecular formula is C15H19ClN2OS. The topological polar surface area (TPSA) is 48.1 Å². The molecule has 2 aromatic rings. The zero-order valence-corrected chi connectivity index (χ0v) is 13.1. The van der Waals surface area contributed by atoms with Crippen LogP contribution in [0.2, 0.25) is 0 Å². The van der Waals surface area contributed by atoms with Crippen molar-refractivity contribution in [2.24, 2.45) is 5.73 Å². The van der Waals surface area contributed by atoms with Crippen LogP contribution in [0.3, 0.4) is 0 Å². The Balaban J connectivity index is 0.00000147. The monoisotopic (exact) mass is 310 g/mol. The smallest absolute Gasteiger partial charge is 0.128 e. The van der Waals surface area contributed by atoms with E-state index in [-0.39, 0.29) is 17.9 Å². The van der Waals surface area contributed by atoms with E-state index >= 15 is 0 Å². The van der Waals surface area contributed by atoms with Gasteiger partial charge in [0, 0.05) is 10.9 Å². The summed E-state index contributed by atoms with van der Waals surface area (Å²) in [5.41, 5.74) is 8.26. The number of ether oxygens (including phenoxy) is 1. The lowest BCUT2D eigenvalue weighted by atomic mass is 10.0. The van der Waals surface area contributed by atoms with Gasteiger partial charge in [0.15, 0.2) is 0 Å². The Bertz CT molecular complexity index is 579. The number of nitrogens with two attached hydrogens (primary N) is 1. The summed E-state index contributed by atoms with van der Waals surface area (Å²) >= 11 is 1.67. The van der Waals surface area contributed by atoms with Crippen molar-refractivity contribution in [3.05, 3.63) is 34.7 Å². The molecule has 1 fully saturated rings. The number of nitrogens with zero attached hydrogens (tertiary/aromatic N) is 1. The second-order valence-corrected chi connectivity index (χ2v) is 5.96. The summed E-state index contributed by atoms with van der Waals surface area (Å²) in [7, 11) is 1.69. The van der Waals surface area contributed by atoms with Gasteiger partial charge in [0.2, 0.25) is 0 Å². The van der Waals surface area contributed by atoms with Crippen LogP contribution in [0.4, 0.5) is 0 Å². The van der Waals surface area contributed by atoms with Crippen LogP contribution in [0.25, 0.3) is 11.3 Å². The number of halogens is 1. The fourth-order valence-electron chi connectivity index (χ4n) is 2.70. The van der Waals surface area contributed by atoms with E-state index in [4.69, 9.17) is 15.5 Å². The Hall–Kier alpha value is -1.10. The van der Waals surface area contributed by atoms with E-state index in [1.807, 2.05) is 24.3 Å². The van der Waals surface area contributed by atoms with E-state index in [0.717, 1.165) is 34.9 Å². The van der Waals surface area contributed by atoms with Crippen LogP contribution < -0.4 is 10.5 Å². The molecule has 20 heavy (non-hydrogen) atoms. The molecule has 0 aliphatic heterocycles. The van der Waals surface area contributed by atoms with Crippen molar-refractivity contribution in [2.75, 3.05) is 7.11 Å². The van der Waals surface area contributed by atoms with Crippen LogP contribution in [0.5, 0.6) is 5.75 Å².